The molecule has 0 bridgehead atoms. The van der Waals surface area contributed by atoms with Gasteiger partial charge in [-0.05, 0) is 61.3 Å². The van der Waals surface area contributed by atoms with E-state index in [0.29, 0.717) is 36.5 Å². The van der Waals surface area contributed by atoms with Crippen molar-refractivity contribution in [2.24, 2.45) is 5.92 Å². The molecule has 2 heterocycles. The number of nitrogens with one attached hydrogen (secondary N) is 1. The second-order valence-electron chi connectivity index (χ2n) is 7.90. The van der Waals surface area contributed by atoms with E-state index < -0.39 is 0 Å². The van der Waals surface area contributed by atoms with E-state index in [1.54, 1.807) is 0 Å². The Morgan fingerprint density at radius 2 is 2.07 bits per heavy atom. The number of benzene rings is 1. The van der Waals surface area contributed by atoms with Gasteiger partial charge in [-0.15, -0.1) is 0 Å². The smallest absolute Gasteiger partial charge is 0.137 e. The quantitative estimate of drug-likeness (QED) is 0.694. The average molecular weight is 364 g/mol. The predicted octanol–water partition coefficient (Wildman–Crippen LogP) is 3.91. The molecule has 2 fully saturated rings. The topological polar surface area (TPSA) is 51.2 Å². The van der Waals surface area contributed by atoms with Gasteiger partial charge in [-0.1, -0.05) is 30.3 Å². The molecule has 2 aromatic rings. The van der Waals surface area contributed by atoms with E-state index in [9.17, 15) is 4.79 Å². The highest BCUT2D eigenvalue weighted by Crippen LogP contribution is 2.50. The average Bonchev–Trinajstić information content (AvgIpc) is 3.41. The molecule has 142 valence electrons. The fraction of sp³-hybridized carbons (Fsp3) is 0.478. The lowest BCUT2D eigenvalue weighted by Gasteiger charge is -2.27. The number of pyridine rings is 1. The summed E-state index contributed by atoms with van der Waals surface area (Å²) >= 11 is 0. The van der Waals surface area contributed by atoms with Crippen molar-refractivity contribution in [1.29, 1.82) is 0 Å². The largest absolute Gasteiger partial charge is 0.490 e. The summed E-state index contributed by atoms with van der Waals surface area (Å²) in [6.45, 7) is 1.83. The van der Waals surface area contributed by atoms with Crippen molar-refractivity contribution in [3.8, 4) is 5.75 Å². The molecule has 1 aliphatic carbocycles. The Morgan fingerprint density at radius 1 is 1.22 bits per heavy atom. The van der Waals surface area contributed by atoms with Gasteiger partial charge in [0, 0.05) is 25.1 Å². The van der Waals surface area contributed by atoms with Crippen LogP contribution in [0.1, 0.15) is 49.1 Å². The molecule has 1 aliphatic heterocycles. The van der Waals surface area contributed by atoms with Gasteiger partial charge >= 0.3 is 0 Å². The lowest BCUT2D eigenvalue weighted by Crippen LogP contribution is -2.46. The summed E-state index contributed by atoms with van der Waals surface area (Å²) in [7, 11) is 0. The number of carbonyl (C=O) groups excluding carboxylic acids is 1. The van der Waals surface area contributed by atoms with E-state index in [2.05, 4.69) is 16.4 Å². The zero-order valence-electron chi connectivity index (χ0n) is 15.8. The highest BCUT2D eigenvalue weighted by atomic mass is 16.5. The molecular weight excluding hydrogens is 336 g/mol. The summed E-state index contributed by atoms with van der Waals surface area (Å²) in [5.41, 5.74) is 2.40. The second kappa shape index (κ2) is 8.66. The van der Waals surface area contributed by atoms with Crippen LogP contribution >= 0.6 is 0 Å². The Balaban J connectivity index is 1.18. The van der Waals surface area contributed by atoms with Gasteiger partial charge < -0.3 is 10.1 Å². The molecule has 1 aromatic heterocycles. The molecule has 27 heavy (non-hydrogen) atoms. The van der Waals surface area contributed by atoms with Crippen LogP contribution in [-0.2, 0) is 11.2 Å². The van der Waals surface area contributed by atoms with Crippen molar-refractivity contribution in [3.05, 3.63) is 59.9 Å². The molecule has 0 spiro atoms. The Bertz CT molecular complexity index is 758. The van der Waals surface area contributed by atoms with Gasteiger partial charge in [-0.2, -0.15) is 0 Å². The molecular formula is C23H28N2O2. The first-order valence-corrected chi connectivity index (χ1v) is 10.1. The Kier molecular flexibility index (Phi) is 5.83. The van der Waals surface area contributed by atoms with Gasteiger partial charge in [0.1, 0.15) is 18.1 Å². The van der Waals surface area contributed by atoms with E-state index in [0.717, 1.165) is 37.3 Å². The molecule has 0 unspecified atom stereocenters. The zero-order valence-corrected chi connectivity index (χ0v) is 15.8. The third-order valence-corrected chi connectivity index (χ3v) is 5.74. The molecule has 4 nitrogen and oxygen atoms in total. The van der Waals surface area contributed by atoms with Gasteiger partial charge in [0.2, 0.25) is 0 Å². The maximum atomic E-state index is 12.1. The summed E-state index contributed by atoms with van der Waals surface area (Å²) in [6, 6.07) is 12.7. The number of aromatic nitrogens is 1. The minimum atomic E-state index is 0.347. The first kappa shape index (κ1) is 18.2. The van der Waals surface area contributed by atoms with E-state index >= 15 is 0 Å². The van der Waals surface area contributed by atoms with E-state index in [-0.39, 0.29) is 0 Å². The number of ether oxygens (including phenoxy) is 1. The van der Waals surface area contributed by atoms with Crippen molar-refractivity contribution in [1.82, 2.24) is 10.3 Å². The zero-order chi connectivity index (χ0) is 18.5. The van der Waals surface area contributed by atoms with Crippen LogP contribution in [0.25, 0.3) is 0 Å². The number of nitrogens with zero attached hydrogens (tertiary/aromatic N) is 1. The Labute approximate surface area is 161 Å². The second-order valence-corrected chi connectivity index (χ2v) is 7.90. The molecule has 1 aromatic carbocycles. The monoisotopic (exact) mass is 364 g/mol. The summed E-state index contributed by atoms with van der Waals surface area (Å²) in [4.78, 5) is 16.5. The minimum Gasteiger partial charge on any atom is -0.490 e. The van der Waals surface area contributed by atoms with Crippen molar-refractivity contribution >= 4 is 5.78 Å². The SMILES string of the molecule is O=C(CCC[C@H]1C[C@@H]1c1cncc(OC[C@@H]2CCN2)c1)Cc1ccccc1. The summed E-state index contributed by atoms with van der Waals surface area (Å²) < 4.78 is 5.86. The molecule has 4 rings (SSSR count). The first-order chi connectivity index (χ1) is 13.3. The fourth-order valence-corrected chi connectivity index (χ4v) is 3.85. The minimum absolute atomic E-state index is 0.347. The van der Waals surface area contributed by atoms with Gasteiger partial charge in [0.15, 0.2) is 0 Å². The van der Waals surface area contributed by atoms with Crippen molar-refractivity contribution in [2.75, 3.05) is 13.2 Å². The summed E-state index contributed by atoms with van der Waals surface area (Å²) in [5, 5.41) is 3.35. The first-order valence-electron chi connectivity index (χ1n) is 10.1. The lowest BCUT2D eigenvalue weighted by molar-refractivity contribution is -0.118. The molecule has 1 saturated carbocycles. The molecule has 1 N–H and O–H groups in total. The molecule has 2 aliphatic rings. The van der Waals surface area contributed by atoms with Gasteiger partial charge in [-0.25, -0.2) is 0 Å². The maximum Gasteiger partial charge on any atom is 0.137 e. The number of carbonyl (C=O) groups is 1. The van der Waals surface area contributed by atoms with Crippen molar-refractivity contribution < 1.29 is 9.53 Å². The standard InChI is InChI=1S/C23H28N2O2/c26-21(11-17-5-2-1-3-6-17)8-4-7-18-13-23(18)19-12-22(15-24-14-19)27-16-20-9-10-25-20/h1-3,5-6,12,14-15,18,20,23,25H,4,7-11,13,16H2/t18-,20-,23-/m0/s1. The van der Waals surface area contributed by atoms with Crippen molar-refractivity contribution in [2.45, 2.75) is 50.5 Å². The molecule has 0 radical (unpaired) electrons. The van der Waals surface area contributed by atoms with Crippen LogP contribution < -0.4 is 10.1 Å². The number of hydrogen-bond acceptors (Lipinski definition) is 4. The molecule has 3 atom stereocenters. The molecule has 0 amide bonds. The van der Waals surface area contributed by atoms with Crippen LogP contribution in [0.2, 0.25) is 0 Å². The highest BCUT2D eigenvalue weighted by Gasteiger charge is 2.38. The van der Waals surface area contributed by atoms with Crippen LogP contribution in [0.15, 0.2) is 48.8 Å². The van der Waals surface area contributed by atoms with E-state index in [1.165, 1.54) is 18.4 Å². The van der Waals surface area contributed by atoms with Crippen LogP contribution in [0.3, 0.4) is 0 Å². The maximum absolute atomic E-state index is 12.1. The van der Waals surface area contributed by atoms with Gasteiger partial charge in [0.25, 0.3) is 0 Å². The van der Waals surface area contributed by atoms with Crippen LogP contribution in [-0.4, -0.2) is 30.0 Å². The van der Waals surface area contributed by atoms with Crippen LogP contribution in [0, 0.1) is 5.92 Å². The van der Waals surface area contributed by atoms with Crippen molar-refractivity contribution in [3.63, 3.8) is 0 Å². The number of hydrogen-bond donors (Lipinski definition) is 1. The van der Waals surface area contributed by atoms with Gasteiger partial charge in [-0.3, -0.25) is 9.78 Å². The summed E-state index contributed by atoms with van der Waals surface area (Å²) in [5.74, 6) is 2.51. The summed E-state index contributed by atoms with van der Waals surface area (Å²) in [6.07, 6.45) is 9.55. The third-order valence-electron chi connectivity index (χ3n) is 5.74. The number of Topliss-reactive ketones (excluding diaryl/α,β-unsaturated/α-hetero) is 1. The Morgan fingerprint density at radius 3 is 2.85 bits per heavy atom. The lowest BCUT2D eigenvalue weighted by atomic mass is 10.0. The predicted molar refractivity (Wildman–Crippen MR) is 106 cm³/mol. The highest BCUT2D eigenvalue weighted by molar-refractivity contribution is 5.80. The van der Waals surface area contributed by atoms with Crippen LogP contribution in [0.4, 0.5) is 0 Å². The normalized spacial score (nSPS) is 23.5. The molecule has 1 saturated heterocycles. The van der Waals surface area contributed by atoms with Crippen LogP contribution in [0.5, 0.6) is 5.75 Å². The Hall–Kier alpha value is -2.20. The van der Waals surface area contributed by atoms with E-state index in [1.807, 2.05) is 42.7 Å². The third kappa shape index (κ3) is 5.16. The molecule has 4 heteroatoms. The fourth-order valence-electron chi connectivity index (χ4n) is 3.85. The number of rotatable bonds is 10. The van der Waals surface area contributed by atoms with Gasteiger partial charge in [0.05, 0.1) is 6.20 Å². The number of ketones is 1. The van der Waals surface area contributed by atoms with E-state index in [4.69, 9.17) is 4.74 Å².